The number of rotatable bonds is 5. The van der Waals surface area contributed by atoms with E-state index in [9.17, 15) is 14.4 Å². The van der Waals surface area contributed by atoms with Crippen LogP contribution in [0, 0.1) is 6.92 Å². The molecule has 0 aliphatic carbocycles. The lowest BCUT2D eigenvalue weighted by molar-refractivity contribution is -0.117. The molecule has 2 amide bonds. The van der Waals surface area contributed by atoms with Crippen molar-refractivity contribution in [1.82, 2.24) is 0 Å². The number of aryl methyl sites for hydroxylation is 1. The second kappa shape index (κ2) is 11.9. The highest BCUT2D eigenvalue weighted by Gasteiger charge is 2.18. The minimum absolute atomic E-state index is 0.00694. The van der Waals surface area contributed by atoms with Gasteiger partial charge in [-0.1, -0.05) is 6.07 Å². The summed E-state index contributed by atoms with van der Waals surface area (Å²) < 4.78 is 17.8. The smallest absolute Gasteiger partial charge is 0.236 e. The van der Waals surface area contributed by atoms with Gasteiger partial charge in [0, 0.05) is 18.7 Å². The van der Waals surface area contributed by atoms with Crippen LogP contribution in [0.15, 0.2) is 36.4 Å². The fourth-order valence-corrected chi connectivity index (χ4v) is 3.68. The molecule has 3 rings (SSSR count). The zero-order valence-corrected chi connectivity index (χ0v) is 19.2. The Morgan fingerprint density at radius 2 is 1.38 bits per heavy atom. The summed E-state index contributed by atoms with van der Waals surface area (Å²) in [4.78, 5) is 38.2. The van der Waals surface area contributed by atoms with E-state index in [1.807, 2.05) is 30.0 Å². The van der Waals surface area contributed by atoms with Gasteiger partial charge in [-0.2, -0.15) is 0 Å². The van der Waals surface area contributed by atoms with Gasteiger partial charge < -0.3 is 35.5 Å². The Hall–Kier alpha value is -3.79. The average molecular weight is 471 g/mol. The van der Waals surface area contributed by atoms with Crippen molar-refractivity contribution in [3.8, 4) is 11.5 Å². The highest BCUT2D eigenvalue weighted by atomic mass is 16.5. The van der Waals surface area contributed by atoms with Gasteiger partial charge in [-0.15, -0.1) is 0 Å². The van der Waals surface area contributed by atoms with Gasteiger partial charge >= 0.3 is 0 Å². The fourth-order valence-electron chi connectivity index (χ4n) is 3.68. The van der Waals surface area contributed by atoms with Crippen molar-refractivity contribution in [3.63, 3.8) is 0 Å². The maximum atomic E-state index is 11.7. The average Bonchev–Trinajstić information content (AvgIpc) is 2.79. The first-order valence-corrected chi connectivity index (χ1v) is 11.0. The van der Waals surface area contributed by atoms with E-state index in [0.717, 1.165) is 17.5 Å². The largest absolute Gasteiger partial charge is 0.488 e. The third-order valence-electron chi connectivity index (χ3n) is 5.22. The highest BCUT2D eigenvalue weighted by Crippen LogP contribution is 2.31. The lowest BCUT2D eigenvalue weighted by Gasteiger charge is -2.26. The molecule has 0 atom stereocenters. The van der Waals surface area contributed by atoms with Gasteiger partial charge in [-0.3, -0.25) is 14.4 Å². The quantitative estimate of drug-likeness (QED) is 0.615. The summed E-state index contributed by atoms with van der Waals surface area (Å²) in [5.74, 6) is 0.0491. The van der Waals surface area contributed by atoms with Crippen molar-refractivity contribution in [2.75, 3.05) is 62.4 Å². The van der Waals surface area contributed by atoms with Crippen LogP contribution >= 0.6 is 0 Å². The van der Waals surface area contributed by atoms with Gasteiger partial charge in [0.1, 0.15) is 31.0 Å². The van der Waals surface area contributed by atoms with Crippen LogP contribution in [-0.2, 0) is 14.3 Å². The minimum atomic E-state index is -0.509. The number of carbonyl (C=O) groups is 3. The summed E-state index contributed by atoms with van der Waals surface area (Å²) in [6, 6.07) is 10.7. The number of hydrogen-bond donors (Lipinski definition) is 2. The zero-order chi connectivity index (χ0) is 24.5. The van der Waals surface area contributed by atoms with Crippen molar-refractivity contribution in [2.24, 2.45) is 11.5 Å². The van der Waals surface area contributed by atoms with Crippen molar-refractivity contribution < 1.29 is 28.6 Å². The van der Waals surface area contributed by atoms with Gasteiger partial charge in [0.15, 0.2) is 0 Å². The number of nitrogens with zero attached hydrogens (tertiary/aromatic N) is 2. The second-order valence-electron chi connectivity index (χ2n) is 7.90. The maximum Gasteiger partial charge on any atom is 0.236 e. The molecule has 34 heavy (non-hydrogen) atoms. The number of aldehydes is 1. The lowest BCUT2D eigenvalue weighted by atomic mass is 10.2. The molecule has 4 N–H and O–H groups in total. The van der Waals surface area contributed by atoms with E-state index in [4.69, 9.17) is 25.7 Å². The number of benzene rings is 2. The molecule has 1 aliphatic heterocycles. The van der Waals surface area contributed by atoms with Crippen LogP contribution in [0.2, 0.25) is 0 Å². The van der Waals surface area contributed by atoms with E-state index in [1.165, 1.54) is 0 Å². The van der Waals surface area contributed by atoms with Crippen molar-refractivity contribution in [1.29, 1.82) is 0 Å². The Balaban J connectivity index is 1.90. The Morgan fingerprint density at radius 1 is 0.853 bits per heavy atom. The van der Waals surface area contributed by atoms with Crippen molar-refractivity contribution in [3.05, 3.63) is 47.5 Å². The predicted octanol–water partition coefficient (Wildman–Crippen LogP) is 0.879. The summed E-state index contributed by atoms with van der Waals surface area (Å²) in [6.45, 7) is 3.68. The Labute approximate surface area is 198 Å². The first-order valence-electron chi connectivity index (χ1n) is 11.0. The monoisotopic (exact) mass is 470 g/mol. The number of hydrogen-bond acceptors (Lipinski definition) is 8. The molecule has 10 nitrogen and oxygen atoms in total. The number of fused-ring (bicyclic) bond motifs is 2. The molecule has 0 aromatic heterocycles. The molecular weight excluding hydrogens is 440 g/mol. The predicted molar refractivity (Wildman–Crippen MR) is 128 cm³/mol. The molecule has 10 heteroatoms. The number of amides is 2. The molecule has 182 valence electrons. The highest BCUT2D eigenvalue weighted by molar-refractivity contribution is 5.82. The second-order valence-corrected chi connectivity index (χ2v) is 7.90. The van der Waals surface area contributed by atoms with Gasteiger partial charge in [0.2, 0.25) is 11.8 Å². The molecule has 2 aromatic rings. The van der Waals surface area contributed by atoms with Crippen LogP contribution in [-0.4, -0.2) is 70.7 Å². The zero-order valence-electron chi connectivity index (χ0n) is 19.2. The molecule has 0 bridgehead atoms. The van der Waals surface area contributed by atoms with E-state index in [-0.39, 0.29) is 26.3 Å². The van der Waals surface area contributed by atoms with E-state index in [0.29, 0.717) is 49.1 Å². The minimum Gasteiger partial charge on any atom is -0.488 e. The number of primary amides is 2. The van der Waals surface area contributed by atoms with Gasteiger partial charge in [0.05, 0.1) is 37.7 Å². The molecule has 0 unspecified atom stereocenters. The molecule has 2 aromatic carbocycles. The summed E-state index contributed by atoms with van der Waals surface area (Å²) >= 11 is 0. The Morgan fingerprint density at radius 3 is 1.91 bits per heavy atom. The van der Waals surface area contributed by atoms with E-state index in [2.05, 4.69) is 0 Å². The third-order valence-corrected chi connectivity index (χ3v) is 5.22. The molecule has 0 fully saturated rings. The van der Waals surface area contributed by atoms with Crippen LogP contribution in [0.1, 0.15) is 15.9 Å². The Kier molecular flexibility index (Phi) is 8.69. The standard InChI is InChI=1S/C24H30N4O6/c1-17-2-4-19-21(12-17)33-10-11-34-22-13-18(16-29)3-5-20(22)28(15-24(26)31)7-9-32-8-6-27(19)14-23(25)30/h2-5,12-13,16H,6-11,14-15H2,1H3,(H2,25,30)(H2,26,31). The number of nitrogens with two attached hydrogens (primary N) is 2. The van der Waals surface area contributed by atoms with Crippen LogP contribution in [0.4, 0.5) is 11.4 Å². The first kappa shape index (κ1) is 24.8. The number of anilines is 2. The van der Waals surface area contributed by atoms with E-state index < -0.39 is 11.8 Å². The van der Waals surface area contributed by atoms with Crippen LogP contribution in [0.3, 0.4) is 0 Å². The molecule has 0 saturated carbocycles. The normalized spacial score (nSPS) is 15.0. The summed E-state index contributed by atoms with van der Waals surface area (Å²) in [5, 5.41) is 0. The van der Waals surface area contributed by atoms with Crippen molar-refractivity contribution in [2.45, 2.75) is 6.92 Å². The maximum absolute atomic E-state index is 11.7. The van der Waals surface area contributed by atoms with Gasteiger partial charge in [-0.05, 0) is 42.8 Å². The number of ether oxygens (including phenoxy) is 3. The summed E-state index contributed by atoms with van der Waals surface area (Å²) in [5.41, 5.74) is 13.7. The van der Waals surface area contributed by atoms with E-state index in [1.54, 1.807) is 23.1 Å². The summed E-state index contributed by atoms with van der Waals surface area (Å²) in [6.07, 6.45) is 0.726. The number of carbonyl (C=O) groups excluding carboxylic acids is 3. The van der Waals surface area contributed by atoms with E-state index >= 15 is 0 Å². The molecule has 0 saturated heterocycles. The van der Waals surface area contributed by atoms with Crippen LogP contribution < -0.4 is 30.7 Å². The van der Waals surface area contributed by atoms with Crippen LogP contribution in [0.25, 0.3) is 0 Å². The molecule has 1 aliphatic rings. The first-order chi connectivity index (χ1) is 16.4. The fraction of sp³-hybridized carbons (Fsp3) is 0.375. The van der Waals surface area contributed by atoms with Gasteiger partial charge in [-0.25, -0.2) is 0 Å². The Bertz CT molecular complexity index is 1030. The van der Waals surface area contributed by atoms with Crippen molar-refractivity contribution >= 4 is 29.5 Å². The molecular formula is C24H30N4O6. The molecule has 0 spiro atoms. The SMILES string of the molecule is Cc1ccc2c(c1)OCCOc1cc(C=O)ccc1N(CC(N)=O)CCOCCN2CC(N)=O. The lowest BCUT2D eigenvalue weighted by Crippen LogP contribution is -2.38. The summed E-state index contributed by atoms with van der Waals surface area (Å²) in [7, 11) is 0. The molecule has 1 heterocycles. The third kappa shape index (κ3) is 6.85. The topological polar surface area (TPSA) is 137 Å². The molecule has 0 radical (unpaired) electrons. The van der Waals surface area contributed by atoms with Crippen LogP contribution in [0.5, 0.6) is 11.5 Å². The van der Waals surface area contributed by atoms with Gasteiger partial charge in [0.25, 0.3) is 0 Å².